The number of rotatable bonds is 3. The Hall–Kier alpha value is -1.79. The second kappa shape index (κ2) is 5.24. The lowest BCUT2D eigenvalue weighted by molar-refractivity contribution is -0.159. The molecule has 1 fully saturated rings. The zero-order valence-corrected chi connectivity index (χ0v) is 9.69. The fourth-order valence-electron chi connectivity index (χ4n) is 1.71. The highest BCUT2D eigenvalue weighted by Crippen LogP contribution is 2.14. The molecule has 0 spiro atoms. The molecular formula is C12H13FN2O3. The van der Waals surface area contributed by atoms with Gasteiger partial charge in [0.05, 0.1) is 6.54 Å². The van der Waals surface area contributed by atoms with Gasteiger partial charge in [-0.2, -0.15) is 0 Å². The molecule has 0 atom stereocenters. The highest BCUT2D eigenvalue weighted by atomic mass is 19.1. The van der Waals surface area contributed by atoms with Gasteiger partial charge in [0, 0.05) is 12.1 Å². The Morgan fingerprint density at radius 1 is 1.28 bits per heavy atom. The van der Waals surface area contributed by atoms with Crippen molar-refractivity contribution in [1.82, 2.24) is 4.90 Å². The van der Waals surface area contributed by atoms with Crippen molar-refractivity contribution in [3.05, 3.63) is 35.1 Å². The maximum atomic E-state index is 13.7. The fourth-order valence-corrected chi connectivity index (χ4v) is 1.71. The third-order valence-electron chi connectivity index (χ3n) is 2.73. The molecule has 18 heavy (non-hydrogen) atoms. The lowest BCUT2D eigenvalue weighted by Crippen LogP contribution is -2.45. The molecule has 1 aromatic carbocycles. The number of nitrogens with zero attached hydrogens (tertiary/aromatic N) is 1. The minimum absolute atomic E-state index is 0.0717. The van der Waals surface area contributed by atoms with Crippen LogP contribution < -0.4 is 5.73 Å². The van der Waals surface area contributed by atoms with E-state index in [9.17, 15) is 14.0 Å². The number of imide groups is 1. The molecule has 5 nitrogen and oxygen atoms in total. The summed E-state index contributed by atoms with van der Waals surface area (Å²) in [4.78, 5) is 24.0. The Kier molecular flexibility index (Phi) is 3.69. The number of halogens is 1. The van der Waals surface area contributed by atoms with E-state index in [0.717, 1.165) is 4.90 Å². The highest BCUT2D eigenvalue weighted by Gasteiger charge is 2.27. The average molecular weight is 252 g/mol. The highest BCUT2D eigenvalue weighted by molar-refractivity contribution is 5.98. The van der Waals surface area contributed by atoms with Crippen molar-refractivity contribution >= 4 is 11.8 Å². The molecule has 1 aliphatic heterocycles. The van der Waals surface area contributed by atoms with Crippen LogP contribution in [0.1, 0.15) is 11.1 Å². The normalized spacial score (nSPS) is 16.2. The zero-order valence-electron chi connectivity index (χ0n) is 9.69. The first-order valence-corrected chi connectivity index (χ1v) is 5.50. The standard InChI is InChI=1S/C12H13FN2O3/c13-10-3-8(4-14)1-2-9(10)5-15-11(16)6-18-7-12(15)17/h1-3H,4-7,14H2. The van der Waals surface area contributed by atoms with Crippen molar-refractivity contribution in [3.63, 3.8) is 0 Å². The molecule has 2 N–H and O–H groups in total. The molecule has 0 bridgehead atoms. The van der Waals surface area contributed by atoms with E-state index >= 15 is 0 Å². The van der Waals surface area contributed by atoms with Crippen LogP contribution in [0.3, 0.4) is 0 Å². The second-order valence-electron chi connectivity index (χ2n) is 4.00. The van der Waals surface area contributed by atoms with Crippen molar-refractivity contribution in [2.24, 2.45) is 5.73 Å². The largest absolute Gasteiger partial charge is 0.362 e. The molecule has 1 heterocycles. The number of benzene rings is 1. The van der Waals surface area contributed by atoms with Gasteiger partial charge in [0.25, 0.3) is 11.8 Å². The summed E-state index contributed by atoms with van der Waals surface area (Å²) in [5, 5.41) is 0. The summed E-state index contributed by atoms with van der Waals surface area (Å²) in [7, 11) is 0. The van der Waals surface area contributed by atoms with Crippen LogP contribution in [0.5, 0.6) is 0 Å². The molecule has 0 radical (unpaired) electrons. The molecule has 2 amide bonds. The van der Waals surface area contributed by atoms with E-state index in [0.29, 0.717) is 5.56 Å². The number of hydrogen-bond acceptors (Lipinski definition) is 4. The lowest BCUT2D eigenvalue weighted by Gasteiger charge is -2.25. The molecule has 1 aromatic rings. The van der Waals surface area contributed by atoms with E-state index in [1.807, 2.05) is 0 Å². The number of amides is 2. The molecule has 0 unspecified atom stereocenters. The molecule has 1 saturated heterocycles. The first kappa shape index (κ1) is 12.7. The zero-order chi connectivity index (χ0) is 13.1. The minimum Gasteiger partial charge on any atom is -0.362 e. The number of carbonyl (C=O) groups is 2. The van der Waals surface area contributed by atoms with Crippen LogP contribution >= 0.6 is 0 Å². The molecule has 96 valence electrons. The van der Waals surface area contributed by atoms with Gasteiger partial charge in [-0.25, -0.2) is 4.39 Å². The van der Waals surface area contributed by atoms with Crippen LogP contribution in [0, 0.1) is 5.82 Å². The molecule has 0 aromatic heterocycles. The van der Waals surface area contributed by atoms with E-state index in [1.54, 1.807) is 6.07 Å². The first-order valence-electron chi connectivity index (χ1n) is 5.50. The van der Waals surface area contributed by atoms with E-state index in [1.165, 1.54) is 12.1 Å². The Morgan fingerprint density at radius 2 is 1.94 bits per heavy atom. The van der Waals surface area contributed by atoms with Crippen molar-refractivity contribution in [3.8, 4) is 0 Å². The topological polar surface area (TPSA) is 72.6 Å². The monoisotopic (exact) mass is 252 g/mol. The Balaban J connectivity index is 2.17. The van der Waals surface area contributed by atoms with Crippen LogP contribution in [0.2, 0.25) is 0 Å². The Bertz CT molecular complexity index is 474. The Labute approximate surface area is 103 Å². The fraction of sp³-hybridized carbons (Fsp3) is 0.333. The van der Waals surface area contributed by atoms with Gasteiger partial charge in [0.15, 0.2) is 0 Å². The minimum atomic E-state index is -0.468. The van der Waals surface area contributed by atoms with Crippen LogP contribution in [0.25, 0.3) is 0 Å². The predicted molar refractivity (Wildman–Crippen MR) is 60.7 cm³/mol. The maximum absolute atomic E-state index is 13.7. The van der Waals surface area contributed by atoms with Gasteiger partial charge < -0.3 is 10.5 Å². The summed E-state index contributed by atoms with van der Waals surface area (Å²) in [5.74, 6) is -1.37. The van der Waals surface area contributed by atoms with Crippen molar-refractivity contribution in [2.75, 3.05) is 13.2 Å². The van der Waals surface area contributed by atoms with E-state index in [4.69, 9.17) is 10.5 Å². The number of ether oxygens (including phenoxy) is 1. The van der Waals surface area contributed by atoms with Gasteiger partial charge in [0.2, 0.25) is 0 Å². The van der Waals surface area contributed by atoms with Crippen molar-refractivity contribution in [1.29, 1.82) is 0 Å². The summed E-state index contributed by atoms with van der Waals surface area (Å²) < 4.78 is 18.5. The van der Waals surface area contributed by atoms with Crippen LogP contribution in [-0.4, -0.2) is 29.9 Å². The number of morpholine rings is 1. The third kappa shape index (κ3) is 2.55. The van der Waals surface area contributed by atoms with Crippen LogP contribution in [0.4, 0.5) is 4.39 Å². The van der Waals surface area contributed by atoms with Crippen LogP contribution in [0.15, 0.2) is 18.2 Å². The SMILES string of the molecule is NCc1ccc(CN2C(=O)COCC2=O)c(F)c1. The Morgan fingerprint density at radius 3 is 2.50 bits per heavy atom. The van der Waals surface area contributed by atoms with Gasteiger partial charge in [-0.15, -0.1) is 0 Å². The summed E-state index contributed by atoms with van der Waals surface area (Å²) in [6, 6.07) is 4.52. The third-order valence-corrected chi connectivity index (χ3v) is 2.73. The van der Waals surface area contributed by atoms with Crippen molar-refractivity contribution in [2.45, 2.75) is 13.1 Å². The van der Waals surface area contributed by atoms with Gasteiger partial charge >= 0.3 is 0 Å². The van der Waals surface area contributed by atoms with E-state index in [2.05, 4.69) is 0 Å². The van der Waals surface area contributed by atoms with Gasteiger partial charge in [0.1, 0.15) is 19.0 Å². The molecule has 6 heteroatoms. The van der Waals surface area contributed by atoms with Gasteiger partial charge in [-0.3, -0.25) is 14.5 Å². The van der Waals surface area contributed by atoms with Gasteiger partial charge in [-0.05, 0) is 11.6 Å². The van der Waals surface area contributed by atoms with E-state index < -0.39 is 17.6 Å². The smallest absolute Gasteiger partial charge is 0.255 e. The van der Waals surface area contributed by atoms with Gasteiger partial charge in [-0.1, -0.05) is 12.1 Å². The summed E-state index contributed by atoms with van der Waals surface area (Å²) in [6.45, 7) is -0.118. The predicted octanol–water partition coefficient (Wildman–Crippen LogP) is 0.170. The summed E-state index contributed by atoms with van der Waals surface area (Å²) in [6.07, 6.45) is 0. The molecule has 0 aliphatic carbocycles. The number of carbonyl (C=O) groups excluding carboxylic acids is 2. The van der Waals surface area contributed by atoms with Crippen LogP contribution in [-0.2, 0) is 27.4 Å². The number of nitrogens with two attached hydrogens (primary N) is 1. The average Bonchev–Trinajstić information content (AvgIpc) is 2.35. The van der Waals surface area contributed by atoms with E-state index in [-0.39, 0.29) is 31.9 Å². The maximum Gasteiger partial charge on any atom is 0.255 e. The second-order valence-corrected chi connectivity index (χ2v) is 4.00. The molecular weight excluding hydrogens is 239 g/mol. The number of hydrogen-bond donors (Lipinski definition) is 1. The summed E-state index contributed by atoms with van der Waals surface area (Å²) >= 11 is 0. The molecule has 1 aliphatic rings. The first-order chi connectivity index (χ1) is 8.61. The lowest BCUT2D eigenvalue weighted by atomic mass is 10.1. The quantitative estimate of drug-likeness (QED) is 0.778. The molecule has 0 saturated carbocycles. The molecule has 2 rings (SSSR count). The van der Waals surface area contributed by atoms with Crippen molar-refractivity contribution < 1.29 is 18.7 Å². The summed E-state index contributed by atoms with van der Waals surface area (Å²) in [5.41, 5.74) is 6.35.